The lowest BCUT2D eigenvalue weighted by Crippen LogP contribution is -2.33. The van der Waals surface area contributed by atoms with Crippen LogP contribution in [0.5, 0.6) is 34.5 Å². The first-order chi connectivity index (χ1) is 28.4. The Balaban J connectivity index is 0.000000199. The minimum Gasteiger partial charge on any atom is -0.872 e. The molecule has 0 aliphatic carbocycles. The highest BCUT2D eigenvalue weighted by Gasteiger charge is 2.39. The quantitative estimate of drug-likeness (QED) is 0.127. The third-order valence-electron chi connectivity index (χ3n) is 10.8. The van der Waals surface area contributed by atoms with Crippen LogP contribution in [0.3, 0.4) is 0 Å². The fourth-order valence-corrected chi connectivity index (χ4v) is 7.89. The third kappa shape index (κ3) is 9.06. The lowest BCUT2D eigenvalue weighted by molar-refractivity contribution is -0.270. The average Bonchev–Trinajstić information content (AvgIpc) is 3.25. The van der Waals surface area contributed by atoms with Crippen LogP contribution in [0, 0.1) is 34.6 Å². The first-order valence-electron chi connectivity index (χ1n) is 19.6. The van der Waals surface area contributed by atoms with Crippen molar-refractivity contribution in [1.29, 1.82) is 0 Å². The van der Waals surface area contributed by atoms with Crippen molar-refractivity contribution in [2.45, 2.75) is 47.5 Å². The van der Waals surface area contributed by atoms with Gasteiger partial charge in [-0.15, -0.1) is 5.75 Å². The van der Waals surface area contributed by atoms with E-state index in [0.29, 0.717) is 28.8 Å². The number of methoxy groups -OCH3 is 3. The number of para-hydroxylation sites is 1. The smallest absolute Gasteiger partial charge is 0.148 e. The van der Waals surface area contributed by atoms with E-state index >= 15 is 0 Å². The largest absolute Gasteiger partial charge is 0.872 e. The van der Waals surface area contributed by atoms with Gasteiger partial charge in [-0.05, 0) is 117 Å². The maximum atomic E-state index is 13.1. The Morgan fingerprint density at radius 3 is 1.05 bits per heavy atom. The Kier molecular flexibility index (Phi) is 13.0. The van der Waals surface area contributed by atoms with Crippen LogP contribution in [-0.4, -0.2) is 31.5 Å². The van der Waals surface area contributed by atoms with E-state index < -0.39 is 0 Å². The Morgan fingerprint density at radius 1 is 0.441 bits per heavy atom. The van der Waals surface area contributed by atoms with E-state index in [1.165, 1.54) is 0 Å². The van der Waals surface area contributed by atoms with Gasteiger partial charge in [0.25, 0.3) is 0 Å². The standard InChI is InChI=1S/C27H26NO3.C25H28O3/c1-29-25-15-9-22(10-16-25)28(21-7-5-4-6-8-21,23-11-17-26(30-2)18-12-23)24-13-19-27(31-3)20-14-24;1-14-6-21(12-19-8-15(2)23(26)16(3)9-19)25(28)22(7-14)13-20-10-17(4)24(27)18(5)11-20/h4-20H,1-3H3;6-11,26-28H,12-13H2,1-5H3/q+1;/p-1. The van der Waals surface area contributed by atoms with Gasteiger partial charge in [-0.1, -0.05) is 71.3 Å². The molecule has 7 nitrogen and oxygen atoms in total. The molecule has 0 heterocycles. The van der Waals surface area contributed by atoms with Crippen LogP contribution in [-0.2, 0) is 12.8 Å². The lowest BCUT2D eigenvalue weighted by atomic mass is 9.93. The van der Waals surface area contributed by atoms with Crippen LogP contribution < -0.4 is 23.8 Å². The summed E-state index contributed by atoms with van der Waals surface area (Å²) in [6.45, 7) is 9.51. The molecule has 7 heteroatoms. The minimum absolute atomic E-state index is 0.0670. The van der Waals surface area contributed by atoms with Crippen molar-refractivity contribution >= 4 is 22.7 Å². The minimum atomic E-state index is 0.0670. The van der Waals surface area contributed by atoms with Crippen LogP contribution >= 0.6 is 0 Å². The summed E-state index contributed by atoms with van der Waals surface area (Å²) in [6.07, 6.45) is 1.09. The number of hydrogen-bond acceptors (Lipinski definition) is 6. The van der Waals surface area contributed by atoms with Crippen molar-refractivity contribution < 1.29 is 29.5 Å². The maximum Gasteiger partial charge on any atom is 0.148 e. The molecule has 59 heavy (non-hydrogen) atoms. The summed E-state index contributed by atoms with van der Waals surface area (Å²) in [7, 11) is 5.05. The van der Waals surface area contributed by atoms with Gasteiger partial charge in [0.2, 0.25) is 0 Å². The SMILES string of the molecule is COc1ccc([N+](c2ccccc2)(c2ccc(OC)cc2)c2ccc(OC)cc2)cc1.Cc1cc(Cc2cc(C)c(O)c(C)c2)c([O-])c(Cc2cc(C)c(O)c(C)c2)c1. The van der Waals surface area contributed by atoms with Gasteiger partial charge in [0, 0.05) is 48.5 Å². The molecular weight excluding hydrogens is 735 g/mol. The number of phenolic OH excluding ortho intramolecular Hbond substituents is 2. The number of quaternary nitrogens is 1. The van der Waals surface area contributed by atoms with Gasteiger partial charge in [-0.3, -0.25) is 0 Å². The summed E-state index contributed by atoms with van der Waals surface area (Å²) >= 11 is 0. The molecule has 7 aromatic rings. The number of nitrogens with zero attached hydrogens (tertiary/aromatic N) is 1. The highest BCUT2D eigenvalue weighted by molar-refractivity contribution is 5.82. The van der Waals surface area contributed by atoms with E-state index in [-0.39, 0.29) is 5.75 Å². The Bertz CT molecular complexity index is 2270. The average molecular weight is 788 g/mol. The number of aryl methyl sites for hydroxylation is 5. The molecule has 0 fully saturated rings. The molecule has 0 bridgehead atoms. The van der Waals surface area contributed by atoms with Gasteiger partial charge >= 0.3 is 0 Å². The number of benzene rings is 7. The normalized spacial score (nSPS) is 11.1. The van der Waals surface area contributed by atoms with Crippen LogP contribution in [0.2, 0.25) is 0 Å². The highest BCUT2D eigenvalue weighted by atomic mass is 16.5. The number of ether oxygens (including phenoxy) is 3. The second kappa shape index (κ2) is 18.3. The topological polar surface area (TPSA) is 91.2 Å². The predicted molar refractivity (Wildman–Crippen MR) is 238 cm³/mol. The van der Waals surface area contributed by atoms with Crippen molar-refractivity contribution in [3.05, 3.63) is 190 Å². The zero-order valence-electron chi connectivity index (χ0n) is 35.2. The van der Waals surface area contributed by atoms with Crippen LogP contribution in [0.4, 0.5) is 22.7 Å². The Hall–Kier alpha value is -6.70. The fourth-order valence-electron chi connectivity index (χ4n) is 7.89. The van der Waals surface area contributed by atoms with Gasteiger partial charge in [0.15, 0.2) is 0 Å². The first kappa shape index (κ1) is 41.9. The van der Waals surface area contributed by atoms with Crippen molar-refractivity contribution in [2.75, 3.05) is 21.3 Å². The van der Waals surface area contributed by atoms with Gasteiger partial charge in [-0.25, -0.2) is 0 Å². The van der Waals surface area contributed by atoms with Crippen LogP contribution in [0.1, 0.15) is 50.1 Å². The van der Waals surface area contributed by atoms with E-state index in [9.17, 15) is 15.3 Å². The molecular formula is C52H53NO6. The van der Waals surface area contributed by atoms with Crippen molar-refractivity contribution in [1.82, 2.24) is 4.48 Å². The molecule has 302 valence electrons. The molecule has 0 aliphatic heterocycles. The zero-order valence-corrected chi connectivity index (χ0v) is 35.2. The second-order valence-electron chi connectivity index (χ2n) is 15.0. The number of hydrogen-bond donors (Lipinski definition) is 2. The molecule has 0 spiro atoms. The summed E-state index contributed by atoms with van der Waals surface area (Å²) in [5, 5.41) is 33.1. The van der Waals surface area contributed by atoms with E-state index in [0.717, 1.165) is 90.1 Å². The van der Waals surface area contributed by atoms with Gasteiger partial charge in [0.05, 0.1) is 21.3 Å². The lowest BCUT2D eigenvalue weighted by Gasteiger charge is -2.37. The summed E-state index contributed by atoms with van der Waals surface area (Å²) in [5.41, 5.74) is 12.3. The number of aromatic hydroxyl groups is 2. The van der Waals surface area contributed by atoms with Crippen LogP contribution in [0.15, 0.2) is 140 Å². The number of phenols is 2. The first-order valence-corrected chi connectivity index (χ1v) is 19.6. The monoisotopic (exact) mass is 787 g/mol. The zero-order chi connectivity index (χ0) is 42.3. The maximum absolute atomic E-state index is 13.1. The van der Waals surface area contributed by atoms with Crippen molar-refractivity contribution in [3.63, 3.8) is 0 Å². The Morgan fingerprint density at radius 2 is 0.746 bits per heavy atom. The number of rotatable bonds is 11. The molecule has 2 N–H and O–H groups in total. The van der Waals surface area contributed by atoms with E-state index in [4.69, 9.17) is 14.2 Å². The predicted octanol–water partition coefficient (Wildman–Crippen LogP) is 11.9. The molecule has 0 amide bonds. The van der Waals surface area contributed by atoms with E-state index in [2.05, 4.69) is 60.7 Å². The summed E-state index contributed by atoms with van der Waals surface area (Å²) in [5.74, 6) is 3.15. The molecule has 0 aromatic heterocycles. The molecule has 0 aliphatic rings. The fraction of sp³-hybridized carbons (Fsp3) is 0.192. The Labute approximate surface area is 348 Å². The molecule has 0 atom stereocenters. The molecule has 0 radical (unpaired) electrons. The molecule has 7 rings (SSSR count). The third-order valence-corrected chi connectivity index (χ3v) is 10.8. The molecule has 0 saturated carbocycles. The summed E-state index contributed by atoms with van der Waals surface area (Å²) < 4.78 is 16.7. The van der Waals surface area contributed by atoms with Crippen molar-refractivity contribution in [2.24, 2.45) is 0 Å². The molecule has 0 unspecified atom stereocenters. The van der Waals surface area contributed by atoms with Crippen molar-refractivity contribution in [3.8, 4) is 34.5 Å². The second-order valence-corrected chi connectivity index (χ2v) is 15.0. The summed E-state index contributed by atoms with van der Waals surface area (Å²) in [6, 6.07) is 46.8. The van der Waals surface area contributed by atoms with Gasteiger partial charge < -0.3 is 29.5 Å². The van der Waals surface area contributed by atoms with Crippen LogP contribution in [0.25, 0.3) is 0 Å². The van der Waals surface area contributed by atoms with E-state index in [1.807, 2.05) is 113 Å². The summed E-state index contributed by atoms with van der Waals surface area (Å²) in [4.78, 5) is 0. The molecule has 7 aromatic carbocycles. The van der Waals surface area contributed by atoms with E-state index in [1.54, 1.807) is 21.3 Å². The highest BCUT2D eigenvalue weighted by Crippen LogP contribution is 2.52. The van der Waals surface area contributed by atoms with Gasteiger partial charge in [0.1, 0.15) is 51.5 Å². The van der Waals surface area contributed by atoms with Gasteiger partial charge in [-0.2, -0.15) is 4.48 Å². The molecule has 0 saturated heterocycles.